The lowest BCUT2D eigenvalue weighted by Crippen LogP contribution is -2.24. The summed E-state index contributed by atoms with van der Waals surface area (Å²) in [6.07, 6.45) is 1.53. The lowest BCUT2D eigenvalue weighted by Gasteiger charge is -2.09. The van der Waals surface area contributed by atoms with Crippen LogP contribution in [-0.2, 0) is 6.54 Å². The highest BCUT2D eigenvalue weighted by molar-refractivity contribution is 14.1. The van der Waals surface area contributed by atoms with E-state index in [2.05, 4.69) is 11.1 Å². The molecule has 20 heavy (non-hydrogen) atoms. The molecule has 0 aliphatic carbocycles. The summed E-state index contributed by atoms with van der Waals surface area (Å²) >= 11 is 2.00. The molecule has 0 atom stereocenters. The van der Waals surface area contributed by atoms with Crippen LogP contribution in [0, 0.1) is 21.8 Å². The van der Waals surface area contributed by atoms with Gasteiger partial charge in [0.2, 0.25) is 0 Å². The number of hydrogen-bond acceptors (Lipinski definition) is 4. The first-order chi connectivity index (χ1) is 9.56. The maximum absolute atomic E-state index is 12.1. The molecule has 1 aromatic carbocycles. The molecule has 0 fully saturated rings. The molecule has 0 aliphatic heterocycles. The number of ether oxygens (including phenoxy) is 1. The summed E-state index contributed by atoms with van der Waals surface area (Å²) in [6, 6.07) is 7.31. The number of aromatic nitrogens is 2. The molecule has 2 rings (SSSR count). The highest BCUT2D eigenvalue weighted by atomic mass is 127. The fourth-order valence-electron chi connectivity index (χ4n) is 1.78. The van der Waals surface area contributed by atoms with Gasteiger partial charge in [-0.2, -0.15) is 5.26 Å². The number of hydrogen-bond donors (Lipinski definition) is 0. The summed E-state index contributed by atoms with van der Waals surface area (Å²) in [7, 11) is 1.52. The van der Waals surface area contributed by atoms with Gasteiger partial charge in [-0.25, -0.2) is 4.98 Å². The van der Waals surface area contributed by atoms with E-state index in [1.54, 1.807) is 25.1 Å². The maximum Gasteiger partial charge on any atom is 0.267 e. The molecule has 1 heterocycles. The topological polar surface area (TPSA) is 67.9 Å². The van der Waals surface area contributed by atoms with E-state index in [-0.39, 0.29) is 5.56 Å². The van der Waals surface area contributed by atoms with Gasteiger partial charge in [0, 0.05) is 0 Å². The van der Waals surface area contributed by atoms with Gasteiger partial charge < -0.3 is 4.74 Å². The van der Waals surface area contributed by atoms with Crippen molar-refractivity contribution in [1.82, 2.24) is 9.55 Å². The Morgan fingerprint density at radius 3 is 2.90 bits per heavy atom. The van der Waals surface area contributed by atoms with E-state index in [9.17, 15) is 4.79 Å². The van der Waals surface area contributed by atoms with Crippen LogP contribution in [-0.4, -0.2) is 16.7 Å². The number of nitriles is 1. The van der Waals surface area contributed by atoms with Crippen molar-refractivity contribution in [2.24, 2.45) is 0 Å². The van der Waals surface area contributed by atoms with Gasteiger partial charge in [-0.05, 0) is 47.2 Å². The van der Waals surface area contributed by atoms with Crippen molar-refractivity contribution >= 4 is 22.6 Å². The summed E-state index contributed by atoms with van der Waals surface area (Å²) in [5, 5.41) is 8.95. The van der Waals surface area contributed by atoms with Crippen molar-refractivity contribution in [3.05, 3.63) is 55.3 Å². The predicted octanol–water partition coefficient (Wildman–Crippen LogP) is 2.08. The Hall–Kier alpha value is -1.88. The molecule has 0 spiro atoms. The minimum atomic E-state index is -0.0681. The fraction of sp³-hybridized carbons (Fsp3) is 0.214. The second kappa shape index (κ2) is 6.05. The Morgan fingerprint density at radius 2 is 2.25 bits per heavy atom. The molecule has 0 unspecified atom stereocenters. The van der Waals surface area contributed by atoms with Crippen LogP contribution in [0.3, 0.4) is 0 Å². The fourth-order valence-corrected chi connectivity index (χ4v) is 2.23. The monoisotopic (exact) mass is 381 g/mol. The SMILES string of the molecule is COc1cc(Cn2cnc(C)c(I)c2=O)ccc1C#N. The van der Waals surface area contributed by atoms with Gasteiger partial charge in [0.05, 0.1) is 34.8 Å². The number of aryl methyl sites for hydroxylation is 1. The molecule has 6 heteroatoms. The lowest BCUT2D eigenvalue weighted by molar-refractivity contribution is 0.412. The van der Waals surface area contributed by atoms with Gasteiger partial charge in [0.15, 0.2) is 0 Å². The Kier molecular flexibility index (Phi) is 4.39. The van der Waals surface area contributed by atoms with Crippen molar-refractivity contribution in [2.75, 3.05) is 7.11 Å². The Morgan fingerprint density at radius 1 is 1.50 bits per heavy atom. The zero-order chi connectivity index (χ0) is 14.7. The quantitative estimate of drug-likeness (QED) is 0.764. The first kappa shape index (κ1) is 14.5. The molecule has 0 radical (unpaired) electrons. The first-order valence-electron chi connectivity index (χ1n) is 5.85. The predicted molar refractivity (Wildman–Crippen MR) is 82.8 cm³/mol. The van der Waals surface area contributed by atoms with Gasteiger partial charge in [-0.1, -0.05) is 6.07 Å². The number of methoxy groups -OCH3 is 1. The second-order valence-corrected chi connectivity index (χ2v) is 5.30. The molecular weight excluding hydrogens is 369 g/mol. The van der Waals surface area contributed by atoms with E-state index < -0.39 is 0 Å². The molecule has 5 nitrogen and oxygen atoms in total. The normalized spacial score (nSPS) is 10.1. The van der Waals surface area contributed by atoms with Gasteiger partial charge >= 0.3 is 0 Å². The number of halogens is 1. The first-order valence-corrected chi connectivity index (χ1v) is 6.93. The average molecular weight is 381 g/mol. The van der Waals surface area contributed by atoms with Crippen LogP contribution in [0.5, 0.6) is 5.75 Å². The second-order valence-electron chi connectivity index (χ2n) is 4.22. The maximum atomic E-state index is 12.1. The van der Waals surface area contributed by atoms with Crippen molar-refractivity contribution < 1.29 is 4.74 Å². The third-order valence-corrected chi connectivity index (χ3v) is 4.14. The number of rotatable bonds is 3. The summed E-state index contributed by atoms with van der Waals surface area (Å²) in [4.78, 5) is 16.3. The van der Waals surface area contributed by atoms with Crippen molar-refractivity contribution in [1.29, 1.82) is 5.26 Å². The van der Waals surface area contributed by atoms with Gasteiger partial charge in [-0.15, -0.1) is 0 Å². The van der Waals surface area contributed by atoms with Crippen LogP contribution in [0.15, 0.2) is 29.3 Å². The average Bonchev–Trinajstić information content (AvgIpc) is 2.47. The van der Waals surface area contributed by atoms with Crippen LogP contribution < -0.4 is 10.3 Å². The van der Waals surface area contributed by atoms with Gasteiger partial charge in [0.25, 0.3) is 5.56 Å². The highest BCUT2D eigenvalue weighted by Crippen LogP contribution is 2.19. The third kappa shape index (κ3) is 2.82. The summed E-state index contributed by atoms with van der Waals surface area (Å²) in [6.45, 7) is 2.20. The largest absolute Gasteiger partial charge is 0.495 e. The van der Waals surface area contributed by atoms with Crippen LogP contribution in [0.25, 0.3) is 0 Å². The summed E-state index contributed by atoms with van der Waals surface area (Å²) < 4.78 is 7.31. The van der Waals surface area contributed by atoms with Crippen molar-refractivity contribution in [3.8, 4) is 11.8 Å². The van der Waals surface area contributed by atoms with Crippen LogP contribution in [0.4, 0.5) is 0 Å². The van der Waals surface area contributed by atoms with E-state index in [0.717, 1.165) is 11.3 Å². The Bertz CT molecular complexity index is 747. The van der Waals surface area contributed by atoms with Gasteiger partial charge in [-0.3, -0.25) is 9.36 Å². The van der Waals surface area contributed by atoms with Gasteiger partial charge in [0.1, 0.15) is 11.8 Å². The molecule has 0 saturated heterocycles. The highest BCUT2D eigenvalue weighted by Gasteiger charge is 2.08. The van der Waals surface area contributed by atoms with E-state index in [1.165, 1.54) is 18.0 Å². The zero-order valence-corrected chi connectivity index (χ0v) is 13.2. The number of benzene rings is 1. The van der Waals surface area contributed by atoms with E-state index in [4.69, 9.17) is 10.00 Å². The molecule has 2 aromatic rings. The van der Waals surface area contributed by atoms with Crippen LogP contribution in [0.1, 0.15) is 16.8 Å². The molecule has 0 bridgehead atoms. The van der Waals surface area contributed by atoms with Crippen molar-refractivity contribution in [2.45, 2.75) is 13.5 Å². The lowest BCUT2D eigenvalue weighted by atomic mass is 10.1. The van der Waals surface area contributed by atoms with E-state index in [0.29, 0.717) is 21.4 Å². The Balaban J connectivity index is 2.39. The molecule has 0 saturated carbocycles. The Labute approximate surface area is 130 Å². The number of nitrogens with zero attached hydrogens (tertiary/aromatic N) is 3. The molecular formula is C14H12IN3O2. The molecule has 0 amide bonds. The van der Waals surface area contributed by atoms with E-state index >= 15 is 0 Å². The molecule has 102 valence electrons. The summed E-state index contributed by atoms with van der Waals surface area (Å²) in [5.41, 5.74) is 2.01. The minimum absolute atomic E-state index is 0.0681. The molecule has 0 N–H and O–H groups in total. The molecule has 1 aromatic heterocycles. The summed E-state index contributed by atoms with van der Waals surface area (Å²) in [5.74, 6) is 0.507. The smallest absolute Gasteiger partial charge is 0.267 e. The van der Waals surface area contributed by atoms with Crippen molar-refractivity contribution in [3.63, 3.8) is 0 Å². The standard InChI is InChI=1S/C14H12IN3O2/c1-9-13(15)14(19)18(8-17-9)7-10-3-4-11(6-16)12(5-10)20-2/h3-5,8H,7H2,1-2H3. The minimum Gasteiger partial charge on any atom is -0.495 e. The zero-order valence-electron chi connectivity index (χ0n) is 11.1. The third-order valence-electron chi connectivity index (χ3n) is 2.90. The molecule has 0 aliphatic rings. The van der Waals surface area contributed by atoms with E-state index in [1.807, 2.05) is 22.6 Å². The van der Waals surface area contributed by atoms with Crippen LogP contribution in [0.2, 0.25) is 0 Å². The van der Waals surface area contributed by atoms with Crippen LogP contribution >= 0.6 is 22.6 Å².